The molecule has 4 heteroatoms. The van der Waals surface area contributed by atoms with E-state index in [9.17, 15) is 4.79 Å². The number of ether oxygens (including phenoxy) is 1. The second kappa shape index (κ2) is 8.00. The average Bonchev–Trinajstić information content (AvgIpc) is 2.59. The second-order valence-electron chi connectivity index (χ2n) is 5.60. The van der Waals surface area contributed by atoms with Crippen LogP contribution >= 0.6 is 0 Å². The van der Waals surface area contributed by atoms with Crippen molar-refractivity contribution >= 4 is 5.91 Å². The Morgan fingerprint density at radius 1 is 1.13 bits per heavy atom. The van der Waals surface area contributed by atoms with E-state index in [-0.39, 0.29) is 12.5 Å². The maximum absolute atomic E-state index is 11.8. The van der Waals surface area contributed by atoms with Crippen LogP contribution in [0.15, 0.2) is 48.5 Å². The molecule has 0 heterocycles. The maximum atomic E-state index is 11.8. The van der Waals surface area contributed by atoms with Crippen LogP contribution in [-0.2, 0) is 11.3 Å². The van der Waals surface area contributed by atoms with Crippen molar-refractivity contribution < 1.29 is 9.53 Å². The summed E-state index contributed by atoms with van der Waals surface area (Å²) in [4.78, 5) is 11.8. The third-order valence-corrected chi connectivity index (χ3v) is 3.49. The molecule has 4 nitrogen and oxygen atoms in total. The molecule has 2 rings (SSSR count). The predicted octanol–water partition coefficient (Wildman–Crippen LogP) is 3.38. The van der Waals surface area contributed by atoms with Crippen molar-refractivity contribution in [2.24, 2.45) is 0 Å². The highest BCUT2D eigenvalue weighted by Gasteiger charge is 2.04. The van der Waals surface area contributed by atoms with Gasteiger partial charge in [-0.1, -0.05) is 38.1 Å². The van der Waals surface area contributed by atoms with Crippen molar-refractivity contribution in [2.75, 3.05) is 6.61 Å². The zero-order valence-corrected chi connectivity index (χ0v) is 13.4. The highest BCUT2D eigenvalue weighted by Crippen LogP contribution is 2.18. The summed E-state index contributed by atoms with van der Waals surface area (Å²) in [5.41, 5.74) is 2.79. The molecule has 0 radical (unpaired) electrons. The van der Waals surface area contributed by atoms with Crippen LogP contribution in [0.2, 0.25) is 0 Å². The van der Waals surface area contributed by atoms with Crippen molar-refractivity contribution in [3.63, 3.8) is 0 Å². The van der Waals surface area contributed by atoms with E-state index in [1.54, 1.807) is 12.1 Å². The molecule has 2 aromatic rings. The van der Waals surface area contributed by atoms with E-state index in [2.05, 4.69) is 25.2 Å². The zero-order chi connectivity index (χ0) is 16.7. The number of carbonyl (C=O) groups excluding carboxylic acids is 1. The summed E-state index contributed by atoms with van der Waals surface area (Å²) in [5, 5.41) is 11.5. The summed E-state index contributed by atoms with van der Waals surface area (Å²) < 4.78 is 5.47. The lowest BCUT2D eigenvalue weighted by atomic mass is 10.0. The highest BCUT2D eigenvalue weighted by atomic mass is 16.5. The van der Waals surface area contributed by atoms with Crippen LogP contribution in [0.5, 0.6) is 5.75 Å². The van der Waals surface area contributed by atoms with Gasteiger partial charge in [0.05, 0.1) is 11.6 Å². The Morgan fingerprint density at radius 2 is 1.78 bits per heavy atom. The quantitative estimate of drug-likeness (QED) is 0.890. The van der Waals surface area contributed by atoms with E-state index in [0.717, 1.165) is 5.56 Å². The SMILES string of the molecule is CC(C)c1ccc(OCC(=O)NCc2ccc(C#N)cc2)cc1. The summed E-state index contributed by atoms with van der Waals surface area (Å²) in [5.74, 6) is 0.977. The minimum atomic E-state index is -0.178. The fourth-order valence-electron chi connectivity index (χ4n) is 2.05. The summed E-state index contributed by atoms with van der Waals surface area (Å²) in [7, 11) is 0. The number of nitrogens with one attached hydrogen (secondary N) is 1. The Bertz CT molecular complexity index is 683. The van der Waals surface area contributed by atoms with E-state index in [1.807, 2.05) is 36.4 Å². The van der Waals surface area contributed by atoms with Crippen LogP contribution in [0, 0.1) is 11.3 Å². The lowest BCUT2D eigenvalue weighted by molar-refractivity contribution is -0.123. The summed E-state index contributed by atoms with van der Waals surface area (Å²) in [6.07, 6.45) is 0. The Labute approximate surface area is 136 Å². The molecule has 1 amide bonds. The van der Waals surface area contributed by atoms with Gasteiger partial charge in [-0.15, -0.1) is 0 Å². The highest BCUT2D eigenvalue weighted by molar-refractivity contribution is 5.77. The van der Waals surface area contributed by atoms with Crippen LogP contribution in [-0.4, -0.2) is 12.5 Å². The maximum Gasteiger partial charge on any atom is 0.258 e. The normalized spacial score (nSPS) is 10.2. The molecule has 0 fully saturated rings. The average molecular weight is 308 g/mol. The van der Waals surface area contributed by atoms with Crippen molar-refractivity contribution in [1.29, 1.82) is 5.26 Å². The lowest BCUT2D eigenvalue weighted by Gasteiger charge is -2.09. The van der Waals surface area contributed by atoms with E-state index in [4.69, 9.17) is 10.00 Å². The smallest absolute Gasteiger partial charge is 0.258 e. The Balaban J connectivity index is 1.77. The number of hydrogen-bond acceptors (Lipinski definition) is 3. The predicted molar refractivity (Wildman–Crippen MR) is 89.0 cm³/mol. The van der Waals surface area contributed by atoms with Gasteiger partial charge >= 0.3 is 0 Å². The molecule has 23 heavy (non-hydrogen) atoms. The van der Waals surface area contributed by atoms with E-state index in [0.29, 0.717) is 23.8 Å². The molecule has 1 N–H and O–H groups in total. The monoisotopic (exact) mass is 308 g/mol. The molecule has 0 bridgehead atoms. The first-order chi connectivity index (χ1) is 11.1. The first-order valence-electron chi connectivity index (χ1n) is 7.57. The summed E-state index contributed by atoms with van der Waals surface area (Å²) >= 11 is 0. The molecule has 0 aromatic heterocycles. The van der Waals surface area contributed by atoms with E-state index < -0.39 is 0 Å². The third kappa shape index (κ3) is 5.15. The lowest BCUT2D eigenvalue weighted by Crippen LogP contribution is -2.28. The van der Waals surface area contributed by atoms with Gasteiger partial charge in [0.1, 0.15) is 5.75 Å². The fourth-order valence-corrected chi connectivity index (χ4v) is 2.05. The van der Waals surface area contributed by atoms with Crippen LogP contribution in [0.1, 0.15) is 36.5 Å². The number of hydrogen-bond donors (Lipinski definition) is 1. The largest absolute Gasteiger partial charge is 0.484 e. The molecule has 0 aliphatic heterocycles. The summed E-state index contributed by atoms with van der Waals surface area (Å²) in [6, 6.07) is 16.9. The van der Waals surface area contributed by atoms with Gasteiger partial charge in [0.2, 0.25) is 0 Å². The number of carbonyl (C=O) groups is 1. The van der Waals surface area contributed by atoms with Crippen LogP contribution in [0.3, 0.4) is 0 Å². The van der Waals surface area contributed by atoms with Gasteiger partial charge in [0.15, 0.2) is 6.61 Å². The third-order valence-electron chi connectivity index (χ3n) is 3.49. The Morgan fingerprint density at radius 3 is 2.35 bits per heavy atom. The first kappa shape index (κ1) is 16.6. The van der Waals surface area contributed by atoms with Gasteiger partial charge < -0.3 is 10.1 Å². The Kier molecular flexibility index (Phi) is 5.76. The molecule has 0 spiro atoms. The molecular formula is C19H20N2O2. The van der Waals surface area contributed by atoms with Gasteiger partial charge in [-0.2, -0.15) is 5.26 Å². The molecule has 0 aliphatic rings. The second-order valence-corrected chi connectivity index (χ2v) is 5.60. The van der Waals surface area contributed by atoms with Gasteiger partial charge in [0, 0.05) is 6.54 Å². The molecule has 0 saturated carbocycles. The molecule has 2 aromatic carbocycles. The number of nitriles is 1. The number of nitrogens with zero attached hydrogens (tertiary/aromatic N) is 1. The van der Waals surface area contributed by atoms with Gasteiger partial charge in [0.25, 0.3) is 5.91 Å². The molecule has 0 atom stereocenters. The molecule has 0 saturated heterocycles. The summed E-state index contributed by atoms with van der Waals surface area (Å²) in [6.45, 7) is 4.66. The van der Waals surface area contributed by atoms with Crippen LogP contribution in [0.4, 0.5) is 0 Å². The van der Waals surface area contributed by atoms with Crippen LogP contribution < -0.4 is 10.1 Å². The van der Waals surface area contributed by atoms with Gasteiger partial charge in [-0.3, -0.25) is 4.79 Å². The van der Waals surface area contributed by atoms with Crippen molar-refractivity contribution in [1.82, 2.24) is 5.32 Å². The van der Waals surface area contributed by atoms with Gasteiger partial charge in [-0.25, -0.2) is 0 Å². The number of amides is 1. The number of benzene rings is 2. The zero-order valence-electron chi connectivity index (χ0n) is 13.4. The number of rotatable bonds is 6. The molecular weight excluding hydrogens is 288 g/mol. The van der Waals surface area contributed by atoms with Crippen molar-refractivity contribution in [3.8, 4) is 11.8 Å². The van der Waals surface area contributed by atoms with Crippen molar-refractivity contribution in [2.45, 2.75) is 26.3 Å². The molecule has 0 unspecified atom stereocenters. The first-order valence-corrected chi connectivity index (χ1v) is 7.57. The molecule has 118 valence electrons. The fraction of sp³-hybridized carbons (Fsp3) is 0.263. The van der Waals surface area contributed by atoms with Crippen molar-refractivity contribution in [3.05, 3.63) is 65.2 Å². The van der Waals surface area contributed by atoms with E-state index >= 15 is 0 Å². The molecule has 0 aliphatic carbocycles. The topological polar surface area (TPSA) is 62.1 Å². The van der Waals surface area contributed by atoms with Crippen LogP contribution in [0.25, 0.3) is 0 Å². The Hall–Kier alpha value is -2.80. The van der Waals surface area contributed by atoms with E-state index in [1.165, 1.54) is 5.56 Å². The minimum Gasteiger partial charge on any atom is -0.484 e. The minimum absolute atomic E-state index is 0.0166. The van der Waals surface area contributed by atoms with Gasteiger partial charge in [-0.05, 0) is 41.3 Å². The standard InChI is InChI=1S/C19H20N2O2/c1-14(2)17-7-9-18(10-8-17)23-13-19(22)21-12-16-5-3-15(11-20)4-6-16/h3-10,14H,12-13H2,1-2H3,(H,21,22).